The maximum atomic E-state index is 14.5. The molecule has 4 aromatic carbocycles. The van der Waals surface area contributed by atoms with Crippen LogP contribution in [0.1, 0.15) is 40.9 Å². The first-order chi connectivity index (χ1) is 21.2. The molecule has 8 nitrogen and oxygen atoms in total. The van der Waals surface area contributed by atoms with Gasteiger partial charge >= 0.3 is 6.09 Å². The Morgan fingerprint density at radius 2 is 1.32 bits per heavy atom. The van der Waals surface area contributed by atoms with E-state index in [2.05, 4.69) is 5.32 Å². The van der Waals surface area contributed by atoms with E-state index in [0.717, 1.165) is 21.6 Å². The van der Waals surface area contributed by atoms with Crippen LogP contribution in [0.25, 0.3) is 0 Å². The van der Waals surface area contributed by atoms with Crippen LogP contribution in [0.5, 0.6) is 0 Å². The molecule has 1 aliphatic heterocycles. The molecule has 5 rings (SSSR count). The smallest absolute Gasteiger partial charge is 0.417 e. The summed E-state index contributed by atoms with van der Waals surface area (Å²) in [7, 11) is -4.28. The van der Waals surface area contributed by atoms with Gasteiger partial charge in [-0.15, -0.1) is 0 Å². The van der Waals surface area contributed by atoms with Crippen LogP contribution in [-0.4, -0.2) is 46.5 Å². The van der Waals surface area contributed by atoms with Crippen molar-refractivity contribution in [2.24, 2.45) is 5.92 Å². The van der Waals surface area contributed by atoms with Gasteiger partial charge in [-0.3, -0.25) is 14.2 Å². The van der Waals surface area contributed by atoms with Gasteiger partial charge in [-0.25, -0.2) is 9.69 Å². The maximum absolute atomic E-state index is 14.5. The van der Waals surface area contributed by atoms with Crippen LogP contribution in [0.3, 0.4) is 0 Å². The molecule has 1 heterocycles. The SMILES string of the molecule is CC(=O)NC(c1ccccc1)P(=O)(O)C[C@@H](Cc1ccccc1)C(=O)N1C(=O)OC[C@@H]1C(c1ccccc1)c1ccccc1. The molecule has 226 valence electrons. The first-order valence-electron chi connectivity index (χ1n) is 14.5. The first-order valence-corrected chi connectivity index (χ1v) is 16.4. The summed E-state index contributed by atoms with van der Waals surface area (Å²) in [5.74, 6) is -3.75. The lowest BCUT2D eigenvalue weighted by atomic mass is 9.84. The predicted molar refractivity (Wildman–Crippen MR) is 168 cm³/mol. The molecule has 1 aliphatic rings. The van der Waals surface area contributed by atoms with E-state index in [4.69, 9.17) is 4.74 Å². The van der Waals surface area contributed by atoms with Crippen molar-refractivity contribution < 1.29 is 28.6 Å². The fraction of sp³-hybridized carbons (Fsp3) is 0.229. The number of rotatable bonds is 11. The molecule has 2 unspecified atom stereocenters. The molecule has 4 atom stereocenters. The van der Waals surface area contributed by atoms with Crippen molar-refractivity contribution in [3.63, 3.8) is 0 Å². The quantitative estimate of drug-likeness (QED) is 0.198. The maximum Gasteiger partial charge on any atom is 0.417 e. The van der Waals surface area contributed by atoms with Crippen molar-refractivity contribution in [1.82, 2.24) is 10.2 Å². The van der Waals surface area contributed by atoms with Crippen LogP contribution in [0.4, 0.5) is 4.79 Å². The third-order valence-electron chi connectivity index (χ3n) is 7.86. The van der Waals surface area contributed by atoms with Gasteiger partial charge in [0.05, 0.1) is 12.0 Å². The summed E-state index contributed by atoms with van der Waals surface area (Å²) in [5.41, 5.74) is 3.03. The number of carbonyl (C=O) groups is 3. The number of nitrogens with zero attached hydrogens (tertiary/aromatic N) is 1. The van der Waals surface area contributed by atoms with Gasteiger partial charge in [0.15, 0.2) is 0 Å². The van der Waals surface area contributed by atoms with Crippen LogP contribution in [-0.2, 0) is 25.3 Å². The fourth-order valence-electron chi connectivity index (χ4n) is 5.88. The molecule has 1 saturated heterocycles. The molecule has 4 aromatic rings. The van der Waals surface area contributed by atoms with Crippen LogP contribution in [0.15, 0.2) is 121 Å². The van der Waals surface area contributed by atoms with E-state index in [-0.39, 0.29) is 18.9 Å². The summed E-state index contributed by atoms with van der Waals surface area (Å²) >= 11 is 0. The summed E-state index contributed by atoms with van der Waals surface area (Å²) in [4.78, 5) is 52.7. The Morgan fingerprint density at radius 1 is 0.841 bits per heavy atom. The Balaban J connectivity index is 1.53. The molecule has 44 heavy (non-hydrogen) atoms. The second-order valence-corrected chi connectivity index (χ2v) is 13.4. The number of imide groups is 1. The van der Waals surface area contributed by atoms with Crippen molar-refractivity contribution in [3.05, 3.63) is 144 Å². The highest BCUT2D eigenvalue weighted by Crippen LogP contribution is 2.55. The van der Waals surface area contributed by atoms with Crippen molar-refractivity contribution in [1.29, 1.82) is 0 Å². The van der Waals surface area contributed by atoms with Crippen LogP contribution < -0.4 is 5.32 Å². The van der Waals surface area contributed by atoms with Gasteiger partial charge in [0.1, 0.15) is 12.4 Å². The van der Waals surface area contributed by atoms with E-state index in [1.165, 1.54) is 6.92 Å². The Labute approximate surface area is 257 Å². The van der Waals surface area contributed by atoms with E-state index in [1.807, 2.05) is 91.0 Å². The molecule has 1 fully saturated rings. The molecule has 0 saturated carbocycles. The van der Waals surface area contributed by atoms with Gasteiger partial charge in [-0.1, -0.05) is 121 Å². The monoisotopic (exact) mass is 610 g/mol. The second kappa shape index (κ2) is 13.8. The molecular formula is C35H35N2O6P. The summed E-state index contributed by atoms with van der Waals surface area (Å²) in [6.45, 7) is 1.26. The van der Waals surface area contributed by atoms with E-state index >= 15 is 0 Å². The molecule has 0 radical (unpaired) electrons. The van der Waals surface area contributed by atoms with Crippen molar-refractivity contribution in [3.8, 4) is 0 Å². The van der Waals surface area contributed by atoms with Crippen molar-refractivity contribution in [2.75, 3.05) is 12.8 Å². The molecule has 9 heteroatoms. The minimum absolute atomic E-state index is 0.0214. The molecule has 3 amide bonds. The molecule has 2 N–H and O–H groups in total. The van der Waals surface area contributed by atoms with E-state index in [1.54, 1.807) is 30.3 Å². The average molecular weight is 611 g/mol. The predicted octanol–water partition coefficient (Wildman–Crippen LogP) is 6.13. The van der Waals surface area contributed by atoms with Gasteiger partial charge in [-0.2, -0.15) is 0 Å². The van der Waals surface area contributed by atoms with Crippen LogP contribution in [0.2, 0.25) is 0 Å². The Morgan fingerprint density at radius 3 is 1.82 bits per heavy atom. The van der Waals surface area contributed by atoms with Crippen LogP contribution in [0, 0.1) is 5.92 Å². The summed E-state index contributed by atoms with van der Waals surface area (Å²) in [5, 5.41) is 2.62. The van der Waals surface area contributed by atoms with Gasteiger partial charge in [-0.05, 0) is 28.7 Å². The molecule has 0 spiro atoms. The highest BCUT2D eigenvalue weighted by molar-refractivity contribution is 7.58. The van der Waals surface area contributed by atoms with Gasteiger partial charge < -0.3 is 14.9 Å². The van der Waals surface area contributed by atoms with Crippen LogP contribution >= 0.6 is 7.37 Å². The molecular weight excluding hydrogens is 575 g/mol. The number of benzene rings is 4. The van der Waals surface area contributed by atoms with Crippen molar-refractivity contribution in [2.45, 2.75) is 31.1 Å². The van der Waals surface area contributed by atoms with Gasteiger partial charge in [0.25, 0.3) is 0 Å². The Kier molecular flexibility index (Phi) is 9.73. The molecule has 0 bridgehead atoms. The normalized spacial score (nSPS) is 17.4. The summed E-state index contributed by atoms with van der Waals surface area (Å²) < 4.78 is 19.7. The lowest BCUT2D eigenvalue weighted by Crippen LogP contribution is -2.47. The van der Waals surface area contributed by atoms with E-state index in [9.17, 15) is 23.8 Å². The number of ether oxygens (including phenoxy) is 1. The number of nitrogens with one attached hydrogen (secondary N) is 1. The number of hydrogen-bond donors (Lipinski definition) is 2. The molecule has 0 aliphatic carbocycles. The van der Waals surface area contributed by atoms with Gasteiger partial charge in [0.2, 0.25) is 19.2 Å². The van der Waals surface area contributed by atoms with Crippen molar-refractivity contribution >= 4 is 25.3 Å². The number of carbonyl (C=O) groups excluding carboxylic acids is 3. The third kappa shape index (κ3) is 7.16. The second-order valence-electron chi connectivity index (χ2n) is 11.0. The average Bonchev–Trinajstić information content (AvgIpc) is 3.41. The molecule has 0 aromatic heterocycles. The largest absolute Gasteiger partial charge is 0.447 e. The highest BCUT2D eigenvalue weighted by atomic mass is 31.2. The topological polar surface area (TPSA) is 113 Å². The van der Waals surface area contributed by atoms with E-state index < -0.39 is 49.2 Å². The minimum Gasteiger partial charge on any atom is -0.447 e. The Hall–Kier alpha value is -4.52. The van der Waals surface area contributed by atoms with E-state index in [0.29, 0.717) is 5.56 Å². The lowest BCUT2D eigenvalue weighted by Gasteiger charge is -2.32. The summed E-state index contributed by atoms with van der Waals surface area (Å²) in [6.07, 6.45) is -1.13. The third-order valence-corrected chi connectivity index (χ3v) is 10.1. The Bertz CT molecular complexity index is 1580. The fourth-order valence-corrected chi connectivity index (χ4v) is 8.03. The number of cyclic esters (lactones) is 1. The number of amides is 3. The lowest BCUT2D eigenvalue weighted by molar-refractivity contribution is -0.133. The van der Waals surface area contributed by atoms with Gasteiger partial charge in [0, 0.05) is 19.0 Å². The minimum atomic E-state index is -4.28. The first kappa shape index (κ1) is 30.9. The zero-order valence-corrected chi connectivity index (χ0v) is 25.3. The standard InChI is InChI=1S/C35H35N2O6P/c1-25(38)36-33(29-20-12-5-13-21-29)44(41,42)24-30(22-26-14-6-2-7-15-26)34(39)37-31(23-43-35(37)40)32(27-16-8-3-9-17-27)28-18-10-4-11-19-28/h2-21,30-33H,22-24H2,1H3,(H,36,38)(H,41,42)/t30-,31-,33?/m1/s1. The zero-order valence-electron chi connectivity index (χ0n) is 24.4. The summed E-state index contributed by atoms with van der Waals surface area (Å²) in [6, 6.07) is 36.2. The number of hydrogen-bond acceptors (Lipinski definition) is 5. The highest BCUT2D eigenvalue weighted by Gasteiger charge is 2.47. The zero-order chi connectivity index (χ0) is 31.1.